The van der Waals surface area contributed by atoms with Crippen molar-refractivity contribution < 1.29 is 19.4 Å². The lowest BCUT2D eigenvalue weighted by Gasteiger charge is -2.26. The zero-order valence-electron chi connectivity index (χ0n) is 10.8. The lowest BCUT2D eigenvalue weighted by molar-refractivity contribution is -0.153. The molecule has 1 rings (SSSR count). The van der Waals surface area contributed by atoms with Crippen LogP contribution in [0.3, 0.4) is 0 Å². The Hall–Kier alpha value is -1.68. The van der Waals surface area contributed by atoms with Crippen molar-refractivity contribution in [3.05, 3.63) is 35.9 Å². The van der Waals surface area contributed by atoms with Crippen LogP contribution in [0.4, 0.5) is 0 Å². The first-order valence-electron chi connectivity index (χ1n) is 5.74. The number of carbonyl (C=O) groups excluding carboxylic acids is 2. The molecule has 1 aromatic rings. The van der Waals surface area contributed by atoms with Crippen LogP contribution in [0.25, 0.3) is 0 Å². The zero-order chi connectivity index (χ0) is 13.8. The summed E-state index contributed by atoms with van der Waals surface area (Å²) in [6.45, 7) is 2.99. The number of aliphatic hydroxyl groups is 1. The summed E-state index contributed by atoms with van der Waals surface area (Å²) in [5.74, 6) is -1.63. The van der Waals surface area contributed by atoms with Gasteiger partial charge in [0.25, 0.3) is 0 Å². The van der Waals surface area contributed by atoms with E-state index >= 15 is 0 Å². The Morgan fingerprint density at radius 1 is 1.28 bits per heavy atom. The SMILES string of the molecule is COC(=O)C(CC(=O)c1ccccc1)C(C)(C)O. The highest BCUT2D eigenvalue weighted by atomic mass is 16.5. The first kappa shape index (κ1) is 14.4. The monoisotopic (exact) mass is 250 g/mol. The predicted octanol–water partition coefficient (Wildman–Crippen LogP) is 1.82. The van der Waals surface area contributed by atoms with E-state index in [0.29, 0.717) is 5.56 Å². The molecule has 0 aliphatic carbocycles. The summed E-state index contributed by atoms with van der Waals surface area (Å²) in [6.07, 6.45) is -0.0693. The van der Waals surface area contributed by atoms with Gasteiger partial charge in [0.15, 0.2) is 5.78 Å². The van der Waals surface area contributed by atoms with Gasteiger partial charge in [-0.1, -0.05) is 30.3 Å². The summed E-state index contributed by atoms with van der Waals surface area (Å²) >= 11 is 0. The number of benzene rings is 1. The molecule has 0 radical (unpaired) electrons. The van der Waals surface area contributed by atoms with Crippen molar-refractivity contribution in [2.75, 3.05) is 7.11 Å². The molecule has 1 N–H and O–H groups in total. The smallest absolute Gasteiger partial charge is 0.312 e. The van der Waals surface area contributed by atoms with E-state index in [2.05, 4.69) is 4.74 Å². The average molecular weight is 250 g/mol. The second-order valence-corrected chi connectivity index (χ2v) is 4.72. The summed E-state index contributed by atoms with van der Waals surface area (Å²) in [6, 6.07) is 8.68. The molecule has 0 aliphatic heterocycles. The minimum absolute atomic E-state index is 0.0693. The summed E-state index contributed by atoms with van der Waals surface area (Å²) in [5.41, 5.74) is -0.770. The second-order valence-electron chi connectivity index (χ2n) is 4.72. The van der Waals surface area contributed by atoms with Gasteiger partial charge in [0.1, 0.15) is 0 Å². The number of Topliss-reactive ketones (excluding diaryl/α,β-unsaturated/α-hetero) is 1. The van der Waals surface area contributed by atoms with Crippen LogP contribution in [-0.4, -0.2) is 29.6 Å². The molecule has 0 amide bonds. The molecule has 0 bridgehead atoms. The summed E-state index contributed by atoms with van der Waals surface area (Å²) in [5, 5.41) is 9.92. The third-order valence-electron chi connectivity index (χ3n) is 2.82. The highest BCUT2D eigenvalue weighted by molar-refractivity contribution is 5.98. The van der Waals surface area contributed by atoms with Crippen LogP contribution in [0.2, 0.25) is 0 Å². The topological polar surface area (TPSA) is 63.6 Å². The maximum Gasteiger partial charge on any atom is 0.312 e. The molecule has 0 aliphatic rings. The number of ether oxygens (including phenoxy) is 1. The number of ketones is 1. The summed E-state index contributed by atoms with van der Waals surface area (Å²) in [4.78, 5) is 23.6. The molecule has 1 atom stereocenters. The molecule has 1 aromatic carbocycles. The average Bonchev–Trinajstić information content (AvgIpc) is 2.34. The van der Waals surface area contributed by atoms with Gasteiger partial charge in [-0.05, 0) is 13.8 Å². The Kier molecular flexibility index (Phi) is 4.62. The van der Waals surface area contributed by atoms with Crippen molar-refractivity contribution >= 4 is 11.8 Å². The predicted molar refractivity (Wildman–Crippen MR) is 67.2 cm³/mol. The fourth-order valence-corrected chi connectivity index (χ4v) is 1.69. The minimum atomic E-state index is -1.29. The fourth-order valence-electron chi connectivity index (χ4n) is 1.69. The van der Waals surface area contributed by atoms with Gasteiger partial charge in [0, 0.05) is 12.0 Å². The lowest BCUT2D eigenvalue weighted by Crippen LogP contribution is -2.39. The number of hydrogen-bond acceptors (Lipinski definition) is 4. The Bertz CT molecular complexity index is 417. The number of rotatable bonds is 5. The van der Waals surface area contributed by atoms with Gasteiger partial charge in [0.05, 0.1) is 18.6 Å². The first-order chi connectivity index (χ1) is 8.36. The Morgan fingerprint density at radius 2 is 1.83 bits per heavy atom. The van der Waals surface area contributed by atoms with E-state index in [4.69, 9.17) is 0 Å². The van der Waals surface area contributed by atoms with Gasteiger partial charge in [-0.3, -0.25) is 9.59 Å². The number of hydrogen-bond donors (Lipinski definition) is 1. The van der Waals surface area contributed by atoms with Crippen molar-refractivity contribution in [1.82, 2.24) is 0 Å². The Morgan fingerprint density at radius 3 is 2.28 bits per heavy atom. The van der Waals surface area contributed by atoms with Crippen molar-refractivity contribution in [3.8, 4) is 0 Å². The normalized spacial score (nSPS) is 12.9. The maximum atomic E-state index is 12.0. The summed E-state index contributed by atoms with van der Waals surface area (Å²) < 4.78 is 4.62. The molecule has 98 valence electrons. The Balaban J connectivity index is 2.86. The Labute approximate surface area is 107 Å². The van der Waals surface area contributed by atoms with E-state index in [-0.39, 0.29) is 12.2 Å². The summed E-state index contributed by atoms with van der Waals surface area (Å²) in [7, 11) is 1.24. The van der Waals surface area contributed by atoms with E-state index in [1.807, 2.05) is 6.07 Å². The molecule has 4 nitrogen and oxygen atoms in total. The van der Waals surface area contributed by atoms with Crippen molar-refractivity contribution in [1.29, 1.82) is 0 Å². The maximum absolute atomic E-state index is 12.0. The van der Waals surface area contributed by atoms with Crippen molar-refractivity contribution in [2.24, 2.45) is 5.92 Å². The molecular formula is C14H18O4. The molecule has 0 aromatic heterocycles. The van der Waals surface area contributed by atoms with Gasteiger partial charge in [-0.2, -0.15) is 0 Å². The molecular weight excluding hydrogens is 232 g/mol. The van der Waals surface area contributed by atoms with Gasteiger partial charge in [0.2, 0.25) is 0 Å². The number of carbonyl (C=O) groups is 2. The van der Waals surface area contributed by atoms with Gasteiger partial charge in [-0.15, -0.1) is 0 Å². The number of methoxy groups -OCH3 is 1. The standard InChI is InChI=1S/C14H18O4/c1-14(2,17)11(13(16)18-3)9-12(15)10-7-5-4-6-8-10/h4-8,11,17H,9H2,1-3H3. The van der Waals surface area contributed by atoms with Crippen molar-refractivity contribution in [3.63, 3.8) is 0 Å². The highest BCUT2D eigenvalue weighted by Gasteiger charge is 2.36. The van der Waals surface area contributed by atoms with Gasteiger partial charge >= 0.3 is 5.97 Å². The van der Waals surface area contributed by atoms with Gasteiger partial charge < -0.3 is 9.84 Å². The molecule has 0 spiro atoms. The van der Waals surface area contributed by atoms with E-state index < -0.39 is 17.5 Å². The van der Waals surface area contributed by atoms with Crippen LogP contribution < -0.4 is 0 Å². The minimum Gasteiger partial charge on any atom is -0.469 e. The second kappa shape index (κ2) is 5.78. The number of esters is 1. The van der Waals surface area contributed by atoms with E-state index in [9.17, 15) is 14.7 Å². The van der Waals surface area contributed by atoms with Gasteiger partial charge in [-0.25, -0.2) is 0 Å². The van der Waals surface area contributed by atoms with Crippen LogP contribution in [0.1, 0.15) is 30.6 Å². The molecule has 1 unspecified atom stereocenters. The lowest BCUT2D eigenvalue weighted by atomic mass is 9.85. The van der Waals surface area contributed by atoms with Crippen LogP contribution in [0.15, 0.2) is 30.3 Å². The fraction of sp³-hybridized carbons (Fsp3) is 0.429. The van der Waals surface area contributed by atoms with E-state index in [1.54, 1.807) is 24.3 Å². The quantitative estimate of drug-likeness (QED) is 0.639. The molecule has 18 heavy (non-hydrogen) atoms. The molecule has 0 saturated heterocycles. The largest absolute Gasteiger partial charge is 0.469 e. The van der Waals surface area contributed by atoms with Crippen LogP contribution in [0.5, 0.6) is 0 Å². The molecule has 0 fully saturated rings. The third kappa shape index (κ3) is 3.67. The molecule has 4 heteroatoms. The highest BCUT2D eigenvalue weighted by Crippen LogP contribution is 2.23. The zero-order valence-corrected chi connectivity index (χ0v) is 10.8. The van der Waals surface area contributed by atoms with Crippen molar-refractivity contribution in [2.45, 2.75) is 25.9 Å². The van der Waals surface area contributed by atoms with E-state index in [0.717, 1.165) is 0 Å². The third-order valence-corrected chi connectivity index (χ3v) is 2.82. The van der Waals surface area contributed by atoms with Crippen LogP contribution >= 0.6 is 0 Å². The molecule has 0 heterocycles. The molecule has 0 saturated carbocycles. The van der Waals surface area contributed by atoms with E-state index in [1.165, 1.54) is 21.0 Å². The van der Waals surface area contributed by atoms with Crippen LogP contribution in [0, 0.1) is 5.92 Å². The first-order valence-corrected chi connectivity index (χ1v) is 5.74. The van der Waals surface area contributed by atoms with Crippen LogP contribution in [-0.2, 0) is 9.53 Å².